The van der Waals surface area contributed by atoms with Gasteiger partial charge in [-0.05, 0) is 37.1 Å². The molecule has 4 rings (SSSR count). The largest absolute Gasteiger partial charge is 0.402 e. The Balaban J connectivity index is 1.50. The third-order valence-electron chi connectivity index (χ3n) is 6.07. The lowest BCUT2D eigenvalue weighted by Gasteiger charge is -2.35. The molecule has 2 aromatic rings. The first-order chi connectivity index (χ1) is 15.7. The molecule has 3 heterocycles. The van der Waals surface area contributed by atoms with Crippen molar-refractivity contribution in [3.63, 3.8) is 0 Å². The zero-order valence-electron chi connectivity index (χ0n) is 19.0. The average Bonchev–Trinajstić information content (AvgIpc) is 2.75. The van der Waals surface area contributed by atoms with Crippen LogP contribution in [0.15, 0.2) is 35.2 Å². The molecule has 0 radical (unpaired) electrons. The molecule has 1 saturated carbocycles. The monoisotopic (exact) mass is 454 g/mol. The lowest BCUT2D eigenvalue weighted by atomic mass is 9.88. The van der Waals surface area contributed by atoms with E-state index in [1.165, 1.54) is 6.20 Å². The standard InChI is InChI=1S/C24H28F2N6O/c1-14-6-17(23(33)31-19-8-24(25,26)9-19)11-30-22(14)32-5-4-21-18(13-32)7-16(10-29-21)20(12-28-3)15(2)27/h6-7,10-12,19H,4-5,8-9,13,27H2,1-3H3,(H,31,33)/b20-15+,28-12?. The third kappa shape index (κ3) is 4.86. The number of hydrogen-bond acceptors (Lipinski definition) is 6. The van der Waals surface area contributed by atoms with Crippen molar-refractivity contribution in [2.45, 2.75) is 51.6 Å². The summed E-state index contributed by atoms with van der Waals surface area (Å²) in [4.78, 5) is 27.9. The van der Waals surface area contributed by atoms with Crippen molar-refractivity contribution in [3.8, 4) is 0 Å². The highest BCUT2D eigenvalue weighted by molar-refractivity contribution is 6.10. The van der Waals surface area contributed by atoms with Crippen LogP contribution in [0.2, 0.25) is 0 Å². The highest BCUT2D eigenvalue weighted by atomic mass is 19.3. The molecule has 2 aromatic heterocycles. The van der Waals surface area contributed by atoms with Crippen LogP contribution in [0.5, 0.6) is 0 Å². The molecule has 0 spiro atoms. The Hall–Kier alpha value is -3.36. The van der Waals surface area contributed by atoms with E-state index in [1.54, 1.807) is 19.3 Å². The fourth-order valence-electron chi connectivity index (χ4n) is 4.34. The molecule has 0 aromatic carbocycles. The van der Waals surface area contributed by atoms with Gasteiger partial charge in [0.2, 0.25) is 0 Å². The van der Waals surface area contributed by atoms with Crippen molar-refractivity contribution in [1.29, 1.82) is 0 Å². The van der Waals surface area contributed by atoms with Gasteiger partial charge in [-0.1, -0.05) is 0 Å². The number of alkyl halides is 2. The van der Waals surface area contributed by atoms with Crippen molar-refractivity contribution >= 4 is 23.5 Å². The molecule has 33 heavy (non-hydrogen) atoms. The number of aryl methyl sites for hydroxylation is 1. The van der Waals surface area contributed by atoms with Gasteiger partial charge in [0.05, 0.1) is 5.56 Å². The molecule has 0 unspecified atom stereocenters. The molecule has 3 N–H and O–H groups in total. The number of nitrogens with two attached hydrogens (primary N) is 1. The van der Waals surface area contributed by atoms with E-state index < -0.39 is 12.0 Å². The lowest BCUT2D eigenvalue weighted by Crippen LogP contribution is -2.50. The number of hydrogen-bond donors (Lipinski definition) is 2. The molecule has 1 amide bonds. The Morgan fingerprint density at radius 2 is 2.00 bits per heavy atom. The van der Waals surface area contributed by atoms with Gasteiger partial charge in [-0.15, -0.1) is 0 Å². The van der Waals surface area contributed by atoms with Crippen LogP contribution in [0.25, 0.3) is 5.57 Å². The summed E-state index contributed by atoms with van der Waals surface area (Å²) in [5, 5.41) is 2.66. The predicted octanol–water partition coefficient (Wildman–Crippen LogP) is 3.27. The first-order valence-corrected chi connectivity index (χ1v) is 10.9. The molecule has 9 heteroatoms. The summed E-state index contributed by atoms with van der Waals surface area (Å²) in [6.07, 6.45) is 5.23. The van der Waals surface area contributed by atoms with E-state index in [4.69, 9.17) is 5.73 Å². The van der Waals surface area contributed by atoms with Crippen LogP contribution in [0.3, 0.4) is 0 Å². The molecule has 1 aliphatic carbocycles. The van der Waals surface area contributed by atoms with Crippen LogP contribution in [0.1, 0.15) is 52.5 Å². The molecule has 1 aliphatic heterocycles. The number of carbonyl (C=O) groups excluding carboxylic acids is 1. The van der Waals surface area contributed by atoms with Crippen LogP contribution in [-0.4, -0.2) is 47.6 Å². The molecular formula is C24H28F2N6O. The van der Waals surface area contributed by atoms with Crippen LogP contribution in [0, 0.1) is 6.92 Å². The molecular weight excluding hydrogens is 426 g/mol. The van der Waals surface area contributed by atoms with Gasteiger partial charge in [0, 0.05) is 86.6 Å². The van der Waals surface area contributed by atoms with Crippen LogP contribution < -0.4 is 16.0 Å². The van der Waals surface area contributed by atoms with E-state index in [1.807, 2.05) is 20.0 Å². The van der Waals surface area contributed by atoms with Crippen molar-refractivity contribution < 1.29 is 13.6 Å². The quantitative estimate of drug-likeness (QED) is 0.676. The molecule has 0 saturated heterocycles. The maximum atomic E-state index is 13.0. The second-order valence-corrected chi connectivity index (χ2v) is 8.78. The molecule has 7 nitrogen and oxygen atoms in total. The number of amides is 1. The highest BCUT2D eigenvalue weighted by Gasteiger charge is 2.46. The fourth-order valence-corrected chi connectivity index (χ4v) is 4.34. The van der Waals surface area contributed by atoms with Crippen molar-refractivity contribution in [3.05, 3.63) is 58.2 Å². The van der Waals surface area contributed by atoms with E-state index in [0.717, 1.165) is 46.7 Å². The van der Waals surface area contributed by atoms with Gasteiger partial charge in [-0.2, -0.15) is 0 Å². The molecule has 2 aliphatic rings. The molecule has 174 valence electrons. The summed E-state index contributed by atoms with van der Waals surface area (Å²) in [6.45, 7) is 5.12. The minimum Gasteiger partial charge on any atom is -0.402 e. The van der Waals surface area contributed by atoms with Crippen LogP contribution in [0.4, 0.5) is 14.6 Å². The number of nitrogens with zero attached hydrogens (tertiary/aromatic N) is 4. The number of halogens is 2. The number of fused-ring (bicyclic) bond motifs is 1. The molecule has 0 bridgehead atoms. The minimum atomic E-state index is -2.67. The smallest absolute Gasteiger partial charge is 0.253 e. The van der Waals surface area contributed by atoms with E-state index in [-0.39, 0.29) is 18.7 Å². The predicted molar refractivity (Wildman–Crippen MR) is 125 cm³/mol. The van der Waals surface area contributed by atoms with Crippen LogP contribution in [-0.2, 0) is 13.0 Å². The zero-order chi connectivity index (χ0) is 23.8. The maximum absolute atomic E-state index is 13.0. The Morgan fingerprint density at radius 1 is 1.27 bits per heavy atom. The van der Waals surface area contributed by atoms with Crippen molar-refractivity contribution in [1.82, 2.24) is 15.3 Å². The summed E-state index contributed by atoms with van der Waals surface area (Å²) in [7, 11) is 1.70. The summed E-state index contributed by atoms with van der Waals surface area (Å²) in [5.74, 6) is -2.25. The summed E-state index contributed by atoms with van der Waals surface area (Å²) < 4.78 is 26.1. The second kappa shape index (κ2) is 8.88. The highest BCUT2D eigenvalue weighted by Crippen LogP contribution is 2.37. The van der Waals surface area contributed by atoms with Gasteiger partial charge in [-0.3, -0.25) is 14.8 Å². The summed E-state index contributed by atoms with van der Waals surface area (Å²) in [6, 6.07) is 3.37. The molecule has 1 fully saturated rings. The first-order valence-electron chi connectivity index (χ1n) is 10.9. The third-order valence-corrected chi connectivity index (χ3v) is 6.07. The number of nitrogens with one attached hydrogen (secondary N) is 1. The lowest BCUT2D eigenvalue weighted by molar-refractivity contribution is -0.0901. The SMILES string of the molecule is CN=C/C(=C(/C)N)c1cnc2c(c1)CN(c1ncc(C(=O)NC3CC(F)(F)C3)cc1C)CC2. The molecule has 0 atom stereocenters. The Morgan fingerprint density at radius 3 is 2.64 bits per heavy atom. The zero-order valence-corrected chi connectivity index (χ0v) is 19.0. The van der Waals surface area contributed by atoms with Crippen LogP contribution >= 0.6 is 0 Å². The van der Waals surface area contributed by atoms with Gasteiger partial charge in [-0.25, -0.2) is 13.8 Å². The summed E-state index contributed by atoms with van der Waals surface area (Å²) in [5.41, 5.74) is 11.8. The van der Waals surface area contributed by atoms with E-state index >= 15 is 0 Å². The number of aromatic nitrogens is 2. The number of allylic oxidation sites excluding steroid dienone is 2. The van der Waals surface area contributed by atoms with Gasteiger partial charge < -0.3 is 16.0 Å². The van der Waals surface area contributed by atoms with Gasteiger partial charge in [0.1, 0.15) is 5.82 Å². The van der Waals surface area contributed by atoms with E-state index in [9.17, 15) is 13.6 Å². The number of carbonyl (C=O) groups is 1. The normalized spacial score (nSPS) is 18.5. The van der Waals surface area contributed by atoms with E-state index in [0.29, 0.717) is 17.8 Å². The van der Waals surface area contributed by atoms with Gasteiger partial charge in [0.15, 0.2) is 0 Å². The van der Waals surface area contributed by atoms with E-state index in [2.05, 4.69) is 31.2 Å². The number of aliphatic imine (C=N–C) groups is 1. The Kier molecular flexibility index (Phi) is 6.14. The number of anilines is 1. The second-order valence-electron chi connectivity index (χ2n) is 8.78. The Bertz CT molecular complexity index is 1130. The summed E-state index contributed by atoms with van der Waals surface area (Å²) >= 11 is 0. The topological polar surface area (TPSA) is 96.5 Å². The minimum absolute atomic E-state index is 0.308. The Labute approximate surface area is 191 Å². The van der Waals surface area contributed by atoms with Crippen molar-refractivity contribution in [2.75, 3.05) is 18.5 Å². The van der Waals surface area contributed by atoms with Gasteiger partial charge in [0.25, 0.3) is 11.8 Å². The average molecular weight is 455 g/mol. The van der Waals surface area contributed by atoms with Gasteiger partial charge >= 0.3 is 0 Å². The van der Waals surface area contributed by atoms with Crippen molar-refractivity contribution in [2.24, 2.45) is 10.7 Å². The number of pyridine rings is 2. The number of rotatable bonds is 5. The maximum Gasteiger partial charge on any atom is 0.253 e. The fraction of sp³-hybridized carbons (Fsp3) is 0.417. The first kappa shape index (κ1) is 22.8.